The Bertz CT molecular complexity index is 874. The van der Waals surface area contributed by atoms with E-state index in [-0.39, 0.29) is 10.5 Å². The SMILES string of the molecule is N#CC(C#N)=CNc1ccc(S(=O)(=O)Nc2ccccc2)cc1. The van der Waals surface area contributed by atoms with Crippen molar-refractivity contribution in [2.24, 2.45) is 0 Å². The molecule has 6 nitrogen and oxygen atoms in total. The minimum Gasteiger partial charge on any atom is -0.360 e. The standard InChI is InChI=1S/C16H12N4O2S/c17-10-13(11-18)12-19-14-6-8-16(9-7-14)23(21,22)20-15-4-2-1-3-5-15/h1-9,12,19-20H. The van der Waals surface area contributed by atoms with Crippen molar-refractivity contribution < 1.29 is 8.42 Å². The minimum atomic E-state index is -3.67. The first-order chi connectivity index (χ1) is 11.0. The maximum absolute atomic E-state index is 12.2. The average Bonchev–Trinajstić information content (AvgIpc) is 2.57. The van der Waals surface area contributed by atoms with Crippen molar-refractivity contribution in [1.82, 2.24) is 0 Å². The third kappa shape index (κ3) is 4.34. The Morgan fingerprint density at radius 2 is 1.52 bits per heavy atom. The van der Waals surface area contributed by atoms with E-state index in [1.54, 1.807) is 54.6 Å². The van der Waals surface area contributed by atoms with Crippen molar-refractivity contribution >= 4 is 21.4 Å². The van der Waals surface area contributed by atoms with Crippen molar-refractivity contribution in [2.45, 2.75) is 4.90 Å². The smallest absolute Gasteiger partial charge is 0.261 e. The number of nitriles is 2. The third-order valence-corrected chi connectivity index (χ3v) is 4.21. The first-order valence-electron chi connectivity index (χ1n) is 6.50. The van der Waals surface area contributed by atoms with Crippen LogP contribution in [0.25, 0.3) is 0 Å². The quantitative estimate of drug-likeness (QED) is 0.823. The van der Waals surface area contributed by atoms with Crippen molar-refractivity contribution in [3.8, 4) is 12.1 Å². The lowest BCUT2D eigenvalue weighted by molar-refractivity contribution is 0.601. The van der Waals surface area contributed by atoms with Gasteiger partial charge in [0.25, 0.3) is 10.0 Å². The van der Waals surface area contributed by atoms with Gasteiger partial charge in [-0.25, -0.2) is 8.42 Å². The van der Waals surface area contributed by atoms with Gasteiger partial charge in [0.1, 0.15) is 17.7 Å². The molecule has 0 bridgehead atoms. The molecule has 0 aliphatic heterocycles. The van der Waals surface area contributed by atoms with E-state index in [0.717, 1.165) is 0 Å². The second-order valence-corrected chi connectivity index (χ2v) is 6.10. The molecule has 0 saturated carbocycles. The highest BCUT2D eigenvalue weighted by Gasteiger charge is 2.13. The fourth-order valence-corrected chi connectivity index (χ4v) is 2.75. The highest BCUT2D eigenvalue weighted by atomic mass is 32.2. The Morgan fingerprint density at radius 1 is 0.913 bits per heavy atom. The molecule has 7 heteroatoms. The van der Waals surface area contributed by atoms with Gasteiger partial charge in [0.2, 0.25) is 0 Å². The molecule has 114 valence electrons. The summed E-state index contributed by atoms with van der Waals surface area (Å²) in [6, 6.07) is 18.0. The summed E-state index contributed by atoms with van der Waals surface area (Å²) in [5.74, 6) is 0. The molecular weight excluding hydrogens is 312 g/mol. The molecule has 2 aromatic rings. The lowest BCUT2D eigenvalue weighted by Gasteiger charge is -2.08. The molecule has 0 aliphatic carbocycles. The van der Waals surface area contributed by atoms with Gasteiger partial charge in [0.15, 0.2) is 0 Å². The van der Waals surface area contributed by atoms with E-state index in [9.17, 15) is 8.42 Å². The zero-order chi connectivity index (χ0) is 16.7. The Balaban J connectivity index is 2.15. The summed E-state index contributed by atoms with van der Waals surface area (Å²) in [5, 5.41) is 20.0. The molecule has 2 aromatic carbocycles. The summed E-state index contributed by atoms with van der Waals surface area (Å²) < 4.78 is 27.0. The van der Waals surface area contributed by atoms with Gasteiger partial charge in [-0.1, -0.05) is 18.2 Å². The van der Waals surface area contributed by atoms with Gasteiger partial charge in [0, 0.05) is 17.6 Å². The summed E-state index contributed by atoms with van der Waals surface area (Å²) in [6.07, 6.45) is 1.26. The van der Waals surface area contributed by atoms with Gasteiger partial charge in [-0.3, -0.25) is 4.72 Å². The van der Waals surface area contributed by atoms with Crippen LogP contribution in [-0.2, 0) is 10.0 Å². The average molecular weight is 324 g/mol. The number of hydrogen-bond acceptors (Lipinski definition) is 5. The number of nitrogens with zero attached hydrogens (tertiary/aromatic N) is 2. The number of para-hydroxylation sites is 1. The van der Waals surface area contributed by atoms with Crippen LogP contribution in [0.5, 0.6) is 0 Å². The molecule has 0 heterocycles. The normalized spacial score (nSPS) is 10.0. The molecular formula is C16H12N4O2S. The van der Waals surface area contributed by atoms with Gasteiger partial charge in [-0.05, 0) is 36.4 Å². The van der Waals surface area contributed by atoms with E-state index in [4.69, 9.17) is 10.5 Å². The molecule has 0 aliphatic rings. The van der Waals surface area contributed by atoms with Crippen molar-refractivity contribution in [2.75, 3.05) is 10.0 Å². The van der Waals surface area contributed by atoms with Gasteiger partial charge in [0.05, 0.1) is 4.90 Å². The Morgan fingerprint density at radius 3 is 2.09 bits per heavy atom. The maximum Gasteiger partial charge on any atom is 0.261 e. The Hall–Kier alpha value is -3.29. The molecule has 2 rings (SSSR count). The number of hydrogen-bond donors (Lipinski definition) is 2. The van der Waals surface area contributed by atoms with Crippen LogP contribution in [0.15, 0.2) is 71.3 Å². The van der Waals surface area contributed by atoms with E-state index in [0.29, 0.717) is 11.4 Å². The number of nitrogens with one attached hydrogen (secondary N) is 2. The topological polar surface area (TPSA) is 106 Å². The lowest BCUT2D eigenvalue weighted by atomic mass is 10.3. The maximum atomic E-state index is 12.2. The molecule has 0 spiro atoms. The van der Waals surface area contributed by atoms with Crippen LogP contribution in [0, 0.1) is 22.7 Å². The number of benzene rings is 2. The number of sulfonamides is 1. The fraction of sp³-hybridized carbons (Fsp3) is 0. The summed E-state index contributed by atoms with van der Waals surface area (Å²) in [5.41, 5.74) is 0.962. The zero-order valence-corrected chi connectivity index (χ0v) is 12.7. The number of anilines is 2. The predicted molar refractivity (Wildman–Crippen MR) is 86.6 cm³/mol. The van der Waals surface area contributed by atoms with Crippen LogP contribution >= 0.6 is 0 Å². The van der Waals surface area contributed by atoms with Crippen molar-refractivity contribution in [1.29, 1.82) is 10.5 Å². The van der Waals surface area contributed by atoms with Crippen LogP contribution in [0.3, 0.4) is 0 Å². The van der Waals surface area contributed by atoms with Crippen LogP contribution in [0.4, 0.5) is 11.4 Å². The highest BCUT2D eigenvalue weighted by molar-refractivity contribution is 7.92. The van der Waals surface area contributed by atoms with Gasteiger partial charge >= 0.3 is 0 Å². The summed E-state index contributed by atoms with van der Waals surface area (Å²) in [4.78, 5) is 0.108. The zero-order valence-electron chi connectivity index (χ0n) is 11.9. The van der Waals surface area contributed by atoms with Crippen LogP contribution in [-0.4, -0.2) is 8.42 Å². The first-order valence-corrected chi connectivity index (χ1v) is 7.98. The van der Waals surface area contributed by atoms with Crippen LogP contribution in [0.2, 0.25) is 0 Å². The lowest BCUT2D eigenvalue weighted by Crippen LogP contribution is -2.12. The van der Waals surface area contributed by atoms with E-state index >= 15 is 0 Å². The monoisotopic (exact) mass is 324 g/mol. The highest BCUT2D eigenvalue weighted by Crippen LogP contribution is 2.18. The van der Waals surface area contributed by atoms with E-state index < -0.39 is 10.0 Å². The van der Waals surface area contributed by atoms with Crippen LogP contribution in [0.1, 0.15) is 0 Å². The Kier molecular flexibility index (Phi) is 4.98. The molecule has 0 unspecified atom stereocenters. The molecule has 0 radical (unpaired) electrons. The van der Waals surface area contributed by atoms with E-state index in [2.05, 4.69) is 10.0 Å². The molecule has 0 amide bonds. The largest absolute Gasteiger partial charge is 0.360 e. The molecule has 23 heavy (non-hydrogen) atoms. The summed E-state index contributed by atoms with van der Waals surface area (Å²) >= 11 is 0. The van der Waals surface area contributed by atoms with Crippen molar-refractivity contribution in [3.05, 3.63) is 66.4 Å². The van der Waals surface area contributed by atoms with Crippen LogP contribution < -0.4 is 10.0 Å². The predicted octanol–water partition coefficient (Wildman–Crippen LogP) is 2.83. The minimum absolute atomic E-state index is 0.0764. The number of allylic oxidation sites excluding steroid dienone is 1. The van der Waals surface area contributed by atoms with Gasteiger partial charge < -0.3 is 5.32 Å². The molecule has 0 fully saturated rings. The summed E-state index contributed by atoms with van der Waals surface area (Å²) in [7, 11) is -3.67. The second kappa shape index (κ2) is 7.12. The fourth-order valence-electron chi connectivity index (χ4n) is 1.70. The van der Waals surface area contributed by atoms with Crippen molar-refractivity contribution in [3.63, 3.8) is 0 Å². The van der Waals surface area contributed by atoms with Gasteiger partial charge in [-0.2, -0.15) is 10.5 Å². The molecule has 2 N–H and O–H groups in total. The molecule has 0 aromatic heterocycles. The van der Waals surface area contributed by atoms with E-state index in [1.165, 1.54) is 18.3 Å². The number of rotatable bonds is 5. The molecule has 0 atom stereocenters. The second-order valence-electron chi connectivity index (χ2n) is 4.42. The first kappa shape index (κ1) is 16.1. The Labute approximate surface area is 134 Å². The summed E-state index contributed by atoms with van der Waals surface area (Å²) in [6.45, 7) is 0. The molecule has 0 saturated heterocycles. The third-order valence-electron chi connectivity index (χ3n) is 2.81. The van der Waals surface area contributed by atoms with Gasteiger partial charge in [-0.15, -0.1) is 0 Å². The van der Waals surface area contributed by atoms with E-state index in [1.807, 2.05) is 0 Å².